The first kappa shape index (κ1) is 9.97. The minimum Gasteiger partial charge on any atom is -0.311 e. The number of rotatable bonds is 2. The molecule has 2 atom stereocenters. The van der Waals surface area contributed by atoms with E-state index in [0.717, 1.165) is 18.4 Å². The Morgan fingerprint density at radius 1 is 1.19 bits per heavy atom. The number of nitrogens with zero attached hydrogens (tertiary/aromatic N) is 1. The van der Waals surface area contributed by atoms with Crippen molar-refractivity contribution in [1.29, 1.82) is 0 Å². The zero-order valence-corrected chi connectivity index (χ0v) is 9.23. The molecule has 1 N–H and O–H groups in total. The summed E-state index contributed by atoms with van der Waals surface area (Å²) < 4.78 is 0. The van der Waals surface area contributed by atoms with Crippen molar-refractivity contribution in [2.24, 2.45) is 5.92 Å². The van der Waals surface area contributed by atoms with Crippen molar-refractivity contribution in [3.63, 3.8) is 0 Å². The first-order chi connectivity index (χ1) is 7.83. The van der Waals surface area contributed by atoms with E-state index in [1.807, 2.05) is 12.1 Å². The van der Waals surface area contributed by atoms with Gasteiger partial charge in [0.25, 0.3) is 0 Å². The zero-order chi connectivity index (χ0) is 11.0. The molecule has 0 radical (unpaired) electrons. The van der Waals surface area contributed by atoms with Gasteiger partial charge in [0.05, 0.1) is 0 Å². The monoisotopic (exact) mass is 216 g/mol. The molecule has 3 nitrogen and oxygen atoms in total. The average molecular weight is 216 g/mol. The van der Waals surface area contributed by atoms with Crippen molar-refractivity contribution in [2.75, 3.05) is 0 Å². The Balaban J connectivity index is 1.76. The predicted molar refractivity (Wildman–Crippen MR) is 61.2 cm³/mol. The third-order valence-corrected chi connectivity index (χ3v) is 3.81. The maximum absolute atomic E-state index is 12.3. The predicted octanol–water partition coefficient (Wildman–Crippen LogP) is 1.79. The summed E-state index contributed by atoms with van der Waals surface area (Å²) >= 11 is 0. The lowest BCUT2D eigenvalue weighted by molar-refractivity contribution is 0.0875. The molecule has 2 aliphatic heterocycles. The molecule has 2 unspecified atom stereocenters. The number of fused-ring (bicyclic) bond motifs is 2. The van der Waals surface area contributed by atoms with Gasteiger partial charge in [-0.05, 0) is 37.8 Å². The number of ketones is 1. The Labute approximate surface area is 95.3 Å². The molecule has 16 heavy (non-hydrogen) atoms. The van der Waals surface area contributed by atoms with Crippen LogP contribution >= 0.6 is 0 Å². The van der Waals surface area contributed by atoms with E-state index in [4.69, 9.17) is 0 Å². The van der Waals surface area contributed by atoms with Gasteiger partial charge in [-0.15, -0.1) is 0 Å². The Bertz CT molecular complexity index is 378. The normalized spacial score (nSPS) is 32.6. The molecular weight excluding hydrogens is 200 g/mol. The van der Waals surface area contributed by atoms with Gasteiger partial charge in [0.15, 0.2) is 5.78 Å². The third kappa shape index (κ3) is 1.76. The van der Waals surface area contributed by atoms with Crippen LogP contribution in [0.25, 0.3) is 0 Å². The van der Waals surface area contributed by atoms with E-state index < -0.39 is 0 Å². The number of carbonyl (C=O) groups is 1. The molecule has 0 aromatic carbocycles. The van der Waals surface area contributed by atoms with Gasteiger partial charge in [-0.2, -0.15) is 0 Å². The standard InChI is InChI=1S/C13H16N2O/c16-13(9-3-5-14-6-4-9)10-7-11-1-2-12(8-10)15-11/h3-6,10-12,15H,1-2,7-8H2. The fourth-order valence-corrected chi connectivity index (χ4v) is 3.02. The number of piperidine rings is 1. The Morgan fingerprint density at radius 3 is 2.44 bits per heavy atom. The summed E-state index contributed by atoms with van der Waals surface area (Å²) in [5, 5.41) is 3.56. The van der Waals surface area contributed by atoms with Crippen molar-refractivity contribution in [3.8, 4) is 0 Å². The topological polar surface area (TPSA) is 42.0 Å². The van der Waals surface area contributed by atoms with Crippen LogP contribution in [0.4, 0.5) is 0 Å². The van der Waals surface area contributed by atoms with Crippen LogP contribution in [-0.4, -0.2) is 22.9 Å². The second kappa shape index (κ2) is 3.98. The van der Waals surface area contributed by atoms with Crippen LogP contribution in [0, 0.1) is 5.92 Å². The summed E-state index contributed by atoms with van der Waals surface area (Å²) in [5.74, 6) is 0.530. The molecule has 0 amide bonds. The molecule has 3 heterocycles. The molecule has 3 heteroatoms. The van der Waals surface area contributed by atoms with Crippen molar-refractivity contribution in [3.05, 3.63) is 30.1 Å². The number of nitrogens with one attached hydrogen (secondary N) is 1. The molecule has 0 saturated carbocycles. The summed E-state index contributed by atoms with van der Waals surface area (Å²) in [5.41, 5.74) is 0.821. The minimum absolute atomic E-state index is 0.223. The Kier molecular flexibility index (Phi) is 2.48. The second-order valence-corrected chi connectivity index (χ2v) is 4.91. The molecule has 84 valence electrons. The Morgan fingerprint density at radius 2 is 1.81 bits per heavy atom. The molecular formula is C13H16N2O. The number of Topliss-reactive ketones (excluding diaryl/α,β-unsaturated/α-hetero) is 1. The molecule has 2 bridgehead atoms. The molecule has 2 saturated heterocycles. The van der Waals surface area contributed by atoms with Crippen molar-refractivity contribution < 1.29 is 4.79 Å². The van der Waals surface area contributed by atoms with Gasteiger partial charge in [0, 0.05) is 36.0 Å². The van der Waals surface area contributed by atoms with Gasteiger partial charge >= 0.3 is 0 Å². The summed E-state index contributed by atoms with van der Waals surface area (Å²) in [6.07, 6.45) is 7.90. The van der Waals surface area contributed by atoms with Crippen LogP contribution in [0.2, 0.25) is 0 Å². The molecule has 0 aliphatic carbocycles. The van der Waals surface area contributed by atoms with Crippen molar-refractivity contribution >= 4 is 5.78 Å². The van der Waals surface area contributed by atoms with E-state index in [0.29, 0.717) is 17.9 Å². The van der Waals surface area contributed by atoms with Crippen molar-refractivity contribution in [1.82, 2.24) is 10.3 Å². The summed E-state index contributed by atoms with van der Waals surface area (Å²) in [6.45, 7) is 0. The van der Waals surface area contributed by atoms with E-state index in [-0.39, 0.29) is 5.92 Å². The fourth-order valence-electron chi connectivity index (χ4n) is 3.02. The summed E-state index contributed by atoms with van der Waals surface area (Å²) in [6, 6.07) is 4.81. The molecule has 1 aromatic heterocycles. The maximum atomic E-state index is 12.3. The maximum Gasteiger partial charge on any atom is 0.166 e. The lowest BCUT2D eigenvalue weighted by Crippen LogP contribution is -2.40. The van der Waals surface area contributed by atoms with E-state index in [2.05, 4.69) is 10.3 Å². The SMILES string of the molecule is O=C(c1ccncc1)C1CC2CCC(C1)N2. The largest absolute Gasteiger partial charge is 0.311 e. The van der Waals surface area contributed by atoms with Crippen LogP contribution in [0.3, 0.4) is 0 Å². The highest BCUT2D eigenvalue weighted by Gasteiger charge is 2.36. The van der Waals surface area contributed by atoms with Crippen LogP contribution in [0.1, 0.15) is 36.0 Å². The van der Waals surface area contributed by atoms with E-state index >= 15 is 0 Å². The molecule has 2 aliphatic rings. The highest BCUT2D eigenvalue weighted by molar-refractivity contribution is 5.97. The number of pyridine rings is 1. The van der Waals surface area contributed by atoms with Crippen molar-refractivity contribution in [2.45, 2.75) is 37.8 Å². The first-order valence-electron chi connectivity index (χ1n) is 6.03. The van der Waals surface area contributed by atoms with Gasteiger partial charge in [0.2, 0.25) is 0 Å². The second-order valence-electron chi connectivity index (χ2n) is 4.91. The third-order valence-electron chi connectivity index (χ3n) is 3.81. The van der Waals surface area contributed by atoms with Gasteiger partial charge in [0.1, 0.15) is 0 Å². The fraction of sp³-hybridized carbons (Fsp3) is 0.538. The zero-order valence-electron chi connectivity index (χ0n) is 9.23. The minimum atomic E-state index is 0.223. The number of hydrogen-bond donors (Lipinski definition) is 1. The van der Waals surface area contributed by atoms with E-state index in [9.17, 15) is 4.79 Å². The molecule has 0 spiro atoms. The van der Waals surface area contributed by atoms with Gasteiger partial charge < -0.3 is 5.32 Å². The average Bonchev–Trinajstić information content (AvgIpc) is 2.68. The molecule has 1 aromatic rings. The lowest BCUT2D eigenvalue weighted by atomic mass is 9.86. The van der Waals surface area contributed by atoms with Crippen LogP contribution in [0.15, 0.2) is 24.5 Å². The van der Waals surface area contributed by atoms with Crippen LogP contribution in [-0.2, 0) is 0 Å². The van der Waals surface area contributed by atoms with Crippen LogP contribution < -0.4 is 5.32 Å². The summed E-state index contributed by atoms with van der Waals surface area (Å²) in [7, 11) is 0. The van der Waals surface area contributed by atoms with E-state index in [1.54, 1.807) is 12.4 Å². The molecule has 2 fully saturated rings. The molecule has 3 rings (SSSR count). The quantitative estimate of drug-likeness (QED) is 0.766. The number of hydrogen-bond acceptors (Lipinski definition) is 3. The van der Waals surface area contributed by atoms with E-state index in [1.165, 1.54) is 12.8 Å². The number of carbonyl (C=O) groups excluding carboxylic acids is 1. The summed E-state index contributed by atoms with van der Waals surface area (Å²) in [4.78, 5) is 16.2. The highest BCUT2D eigenvalue weighted by Crippen LogP contribution is 2.32. The van der Waals surface area contributed by atoms with Gasteiger partial charge in [-0.1, -0.05) is 0 Å². The van der Waals surface area contributed by atoms with Gasteiger partial charge in [-0.3, -0.25) is 9.78 Å². The number of aromatic nitrogens is 1. The first-order valence-corrected chi connectivity index (χ1v) is 6.03. The lowest BCUT2D eigenvalue weighted by Gasteiger charge is -2.28. The van der Waals surface area contributed by atoms with Crippen LogP contribution in [0.5, 0.6) is 0 Å². The van der Waals surface area contributed by atoms with Gasteiger partial charge in [-0.25, -0.2) is 0 Å². The smallest absolute Gasteiger partial charge is 0.166 e. The highest BCUT2D eigenvalue weighted by atomic mass is 16.1. The Hall–Kier alpha value is -1.22.